The van der Waals surface area contributed by atoms with E-state index in [4.69, 9.17) is 17.3 Å². The van der Waals surface area contributed by atoms with Crippen molar-refractivity contribution in [3.63, 3.8) is 0 Å². The summed E-state index contributed by atoms with van der Waals surface area (Å²) >= 11 is 5.86. The summed E-state index contributed by atoms with van der Waals surface area (Å²) in [7, 11) is 0. The van der Waals surface area contributed by atoms with Gasteiger partial charge in [0.15, 0.2) is 0 Å². The van der Waals surface area contributed by atoms with Crippen molar-refractivity contribution in [3.8, 4) is 0 Å². The van der Waals surface area contributed by atoms with E-state index in [1.54, 1.807) is 12.1 Å². The predicted octanol–water partition coefficient (Wildman–Crippen LogP) is 1.73. The van der Waals surface area contributed by atoms with Gasteiger partial charge in [-0.15, -0.1) is 0 Å². The normalized spacial score (nSPS) is 12.3. The van der Waals surface area contributed by atoms with Gasteiger partial charge < -0.3 is 11.1 Å². The first-order valence-corrected chi connectivity index (χ1v) is 5.19. The van der Waals surface area contributed by atoms with E-state index >= 15 is 0 Å². The number of benzene rings is 1. The first-order valence-electron chi connectivity index (χ1n) is 4.81. The van der Waals surface area contributed by atoms with E-state index in [1.807, 2.05) is 19.9 Å². The van der Waals surface area contributed by atoms with Crippen LogP contribution in [-0.2, 0) is 0 Å². The van der Waals surface area contributed by atoms with Crippen molar-refractivity contribution >= 4 is 17.5 Å². The van der Waals surface area contributed by atoms with E-state index in [0.29, 0.717) is 17.1 Å². The zero-order valence-corrected chi connectivity index (χ0v) is 9.64. The maximum atomic E-state index is 11.7. The van der Waals surface area contributed by atoms with Crippen molar-refractivity contribution in [3.05, 3.63) is 34.3 Å². The number of hydrogen-bond donors (Lipinski definition) is 2. The maximum absolute atomic E-state index is 11.7. The molecule has 0 saturated heterocycles. The van der Waals surface area contributed by atoms with E-state index in [-0.39, 0.29) is 11.9 Å². The van der Waals surface area contributed by atoms with Crippen LogP contribution in [0.2, 0.25) is 5.02 Å². The summed E-state index contributed by atoms with van der Waals surface area (Å²) in [6.07, 6.45) is 0. The lowest BCUT2D eigenvalue weighted by molar-refractivity contribution is 0.0941. The first kappa shape index (κ1) is 12.0. The highest BCUT2D eigenvalue weighted by molar-refractivity contribution is 6.31. The minimum atomic E-state index is -0.140. The third-order valence-corrected chi connectivity index (χ3v) is 2.25. The fraction of sp³-hybridized carbons (Fsp3) is 0.364. The van der Waals surface area contributed by atoms with Crippen LogP contribution in [-0.4, -0.2) is 18.5 Å². The van der Waals surface area contributed by atoms with Crippen LogP contribution in [0.1, 0.15) is 22.8 Å². The molecule has 1 aromatic carbocycles. The summed E-state index contributed by atoms with van der Waals surface area (Å²) in [5.74, 6) is -0.140. The Morgan fingerprint density at radius 1 is 1.53 bits per heavy atom. The highest BCUT2D eigenvalue weighted by Gasteiger charge is 2.09. The Kier molecular flexibility index (Phi) is 4.12. The van der Waals surface area contributed by atoms with Gasteiger partial charge in [-0.3, -0.25) is 4.79 Å². The van der Waals surface area contributed by atoms with E-state index < -0.39 is 0 Å². The fourth-order valence-electron chi connectivity index (χ4n) is 1.23. The van der Waals surface area contributed by atoms with Crippen LogP contribution in [0.15, 0.2) is 18.2 Å². The van der Waals surface area contributed by atoms with E-state index in [2.05, 4.69) is 5.32 Å². The van der Waals surface area contributed by atoms with Crippen LogP contribution < -0.4 is 11.1 Å². The molecule has 0 heterocycles. The minimum absolute atomic E-state index is 0.0308. The molecule has 4 heteroatoms. The molecule has 0 aliphatic carbocycles. The van der Waals surface area contributed by atoms with Gasteiger partial charge in [-0.2, -0.15) is 0 Å². The molecular formula is C11H15ClN2O. The Hall–Kier alpha value is -1.06. The molecule has 82 valence electrons. The Labute approximate surface area is 94.6 Å². The van der Waals surface area contributed by atoms with Crippen molar-refractivity contribution < 1.29 is 4.79 Å². The topological polar surface area (TPSA) is 55.1 Å². The smallest absolute Gasteiger partial charge is 0.251 e. The number of aryl methyl sites for hydroxylation is 1. The van der Waals surface area contributed by atoms with Crippen LogP contribution in [0.25, 0.3) is 0 Å². The van der Waals surface area contributed by atoms with Crippen LogP contribution in [0, 0.1) is 6.92 Å². The van der Waals surface area contributed by atoms with Gasteiger partial charge in [0.1, 0.15) is 0 Å². The monoisotopic (exact) mass is 226 g/mol. The van der Waals surface area contributed by atoms with Gasteiger partial charge in [0.25, 0.3) is 5.91 Å². The third-order valence-electron chi connectivity index (χ3n) is 2.04. The van der Waals surface area contributed by atoms with Crippen molar-refractivity contribution in [2.24, 2.45) is 5.73 Å². The molecule has 1 aromatic rings. The zero-order chi connectivity index (χ0) is 11.4. The van der Waals surface area contributed by atoms with Crippen molar-refractivity contribution in [1.82, 2.24) is 5.32 Å². The molecular weight excluding hydrogens is 212 g/mol. The molecule has 3 N–H and O–H groups in total. The average Bonchev–Trinajstić information content (AvgIpc) is 2.16. The Morgan fingerprint density at radius 2 is 2.20 bits per heavy atom. The molecule has 0 bridgehead atoms. The van der Waals surface area contributed by atoms with E-state index in [9.17, 15) is 4.79 Å². The Balaban J connectivity index is 2.82. The molecule has 1 rings (SSSR count). The summed E-state index contributed by atoms with van der Waals surface area (Å²) in [6.45, 7) is 4.18. The molecule has 0 spiro atoms. The molecule has 0 radical (unpaired) electrons. The molecule has 0 fully saturated rings. The molecule has 0 aromatic heterocycles. The number of carbonyl (C=O) groups is 1. The molecule has 1 atom stereocenters. The fourth-order valence-corrected chi connectivity index (χ4v) is 1.52. The number of halogens is 1. The number of nitrogens with one attached hydrogen (secondary N) is 1. The first-order chi connectivity index (χ1) is 7.02. The van der Waals surface area contributed by atoms with Crippen LogP contribution in [0.3, 0.4) is 0 Å². The lowest BCUT2D eigenvalue weighted by atomic mass is 10.1. The minimum Gasteiger partial charge on any atom is -0.348 e. The molecule has 0 aliphatic heterocycles. The number of hydrogen-bond acceptors (Lipinski definition) is 2. The van der Waals surface area contributed by atoms with Gasteiger partial charge in [0, 0.05) is 23.2 Å². The molecule has 0 unspecified atom stereocenters. The molecule has 0 saturated carbocycles. The lowest BCUT2D eigenvalue weighted by Crippen LogP contribution is -2.37. The maximum Gasteiger partial charge on any atom is 0.251 e. The van der Waals surface area contributed by atoms with Gasteiger partial charge in [-0.1, -0.05) is 11.6 Å². The summed E-state index contributed by atoms with van der Waals surface area (Å²) in [6, 6.07) is 5.22. The quantitative estimate of drug-likeness (QED) is 0.825. The standard InChI is InChI=1S/C11H15ClN2O/c1-7-3-9(5-10(12)4-7)11(15)14-8(2)6-13/h3-5,8H,6,13H2,1-2H3,(H,14,15)/t8-/m1/s1. The summed E-state index contributed by atoms with van der Waals surface area (Å²) in [5, 5.41) is 3.35. The van der Waals surface area contributed by atoms with Crippen LogP contribution >= 0.6 is 11.6 Å². The highest BCUT2D eigenvalue weighted by atomic mass is 35.5. The van der Waals surface area contributed by atoms with Crippen molar-refractivity contribution in [2.75, 3.05) is 6.54 Å². The van der Waals surface area contributed by atoms with Crippen LogP contribution in [0.5, 0.6) is 0 Å². The average molecular weight is 227 g/mol. The molecule has 1 amide bonds. The van der Waals surface area contributed by atoms with Gasteiger partial charge in [0.2, 0.25) is 0 Å². The van der Waals surface area contributed by atoms with Gasteiger partial charge >= 0.3 is 0 Å². The summed E-state index contributed by atoms with van der Waals surface area (Å²) < 4.78 is 0. The molecule has 3 nitrogen and oxygen atoms in total. The molecule has 0 aliphatic rings. The lowest BCUT2D eigenvalue weighted by Gasteiger charge is -2.11. The van der Waals surface area contributed by atoms with Crippen LogP contribution in [0.4, 0.5) is 0 Å². The number of amides is 1. The number of nitrogens with two attached hydrogens (primary N) is 1. The van der Waals surface area contributed by atoms with E-state index in [0.717, 1.165) is 5.56 Å². The van der Waals surface area contributed by atoms with Gasteiger partial charge in [-0.25, -0.2) is 0 Å². The summed E-state index contributed by atoms with van der Waals surface area (Å²) in [4.78, 5) is 11.7. The van der Waals surface area contributed by atoms with Crippen molar-refractivity contribution in [1.29, 1.82) is 0 Å². The third kappa shape index (κ3) is 3.53. The van der Waals surface area contributed by atoms with E-state index in [1.165, 1.54) is 0 Å². The largest absolute Gasteiger partial charge is 0.348 e. The second-order valence-electron chi connectivity index (χ2n) is 3.63. The predicted molar refractivity (Wildman–Crippen MR) is 62.2 cm³/mol. The second kappa shape index (κ2) is 5.14. The van der Waals surface area contributed by atoms with Gasteiger partial charge in [0.05, 0.1) is 0 Å². The zero-order valence-electron chi connectivity index (χ0n) is 8.88. The summed E-state index contributed by atoms with van der Waals surface area (Å²) in [5.41, 5.74) is 6.95. The Morgan fingerprint density at radius 3 is 2.73 bits per heavy atom. The van der Waals surface area contributed by atoms with Gasteiger partial charge in [-0.05, 0) is 37.6 Å². The number of carbonyl (C=O) groups excluding carboxylic acids is 1. The second-order valence-corrected chi connectivity index (χ2v) is 4.06. The SMILES string of the molecule is Cc1cc(Cl)cc(C(=O)N[C@H](C)CN)c1. The van der Waals surface area contributed by atoms with Crippen molar-refractivity contribution in [2.45, 2.75) is 19.9 Å². The Bertz CT molecular complexity index is 345. The molecule has 15 heavy (non-hydrogen) atoms. The number of rotatable bonds is 3. The highest BCUT2D eigenvalue weighted by Crippen LogP contribution is 2.14.